The molecular weight excluding hydrogens is 216 g/mol. The van der Waals surface area contributed by atoms with Gasteiger partial charge < -0.3 is 14.5 Å². The van der Waals surface area contributed by atoms with E-state index in [1.807, 2.05) is 0 Å². The molecular formula is C13H22N2O2. The van der Waals surface area contributed by atoms with Gasteiger partial charge in [-0.3, -0.25) is 0 Å². The molecule has 17 heavy (non-hydrogen) atoms. The largest absolute Gasteiger partial charge is 0.444 e. The van der Waals surface area contributed by atoms with Crippen molar-refractivity contribution in [2.45, 2.75) is 58.3 Å². The van der Waals surface area contributed by atoms with Gasteiger partial charge in [0.15, 0.2) is 0 Å². The molecule has 96 valence electrons. The molecule has 1 fully saturated rings. The summed E-state index contributed by atoms with van der Waals surface area (Å²) in [7, 11) is 0. The Balaban J connectivity index is 1.69. The third-order valence-electron chi connectivity index (χ3n) is 3.15. The topological polar surface area (TPSA) is 47.3 Å². The summed E-state index contributed by atoms with van der Waals surface area (Å²) >= 11 is 0. The quantitative estimate of drug-likeness (QED) is 0.855. The van der Waals surface area contributed by atoms with Crippen LogP contribution in [0.4, 0.5) is 0 Å². The van der Waals surface area contributed by atoms with Gasteiger partial charge >= 0.3 is 0 Å². The van der Waals surface area contributed by atoms with Crippen molar-refractivity contribution in [1.29, 1.82) is 0 Å². The second-order valence-corrected chi connectivity index (χ2v) is 5.24. The number of rotatable bonds is 5. The maximum Gasteiger partial charge on any atom is 0.208 e. The number of hydrogen-bond donors (Lipinski definition) is 1. The summed E-state index contributed by atoms with van der Waals surface area (Å²) in [5, 5.41) is 3.34. The summed E-state index contributed by atoms with van der Waals surface area (Å²) in [6.45, 7) is 7.91. The lowest BCUT2D eigenvalue weighted by atomic mass is 10.1. The van der Waals surface area contributed by atoms with Gasteiger partial charge in [0.1, 0.15) is 5.76 Å². The van der Waals surface area contributed by atoms with Crippen LogP contribution in [-0.2, 0) is 17.7 Å². The fourth-order valence-electron chi connectivity index (χ4n) is 2.15. The molecule has 4 heteroatoms. The molecule has 0 amide bonds. The zero-order chi connectivity index (χ0) is 12.3. The number of aryl methyl sites for hydroxylation is 1. The zero-order valence-corrected chi connectivity index (χ0v) is 11.0. The first-order chi connectivity index (χ1) is 8.09. The second kappa shape index (κ2) is 5.19. The Labute approximate surface area is 103 Å². The van der Waals surface area contributed by atoms with Gasteiger partial charge in [-0.25, -0.2) is 4.98 Å². The van der Waals surface area contributed by atoms with E-state index >= 15 is 0 Å². The van der Waals surface area contributed by atoms with Gasteiger partial charge in [0.2, 0.25) is 5.89 Å². The van der Waals surface area contributed by atoms with Crippen LogP contribution in [0.5, 0.6) is 0 Å². The molecule has 0 aromatic carbocycles. The number of oxazole rings is 1. The molecule has 1 N–H and O–H groups in total. The number of hydrogen-bond acceptors (Lipinski definition) is 4. The highest BCUT2D eigenvalue weighted by Gasteiger charge is 2.31. The molecule has 1 saturated heterocycles. The van der Waals surface area contributed by atoms with Crippen LogP contribution in [0.2, 0.25) is 0 Å². The van der Waals surface area contributed by atoms with Gasteiger partial charge in [-0.2, -0.15) is 0 Å². The molecule has 1 aromatic rings. The van der Waals surface area contributed by atoms with Crippen LogP contribution in [0.3, 0.4) is 0 Å². The van der Waals surface area contributed by atoms with E-state index in [1.165, 1.54) is 0 Å². The first-order valence-corrected chi connectivity index (χ1v) is 6.41. The Morgan fingerprint density at radius 3 is 2.94 bits per heavy atom. The Morgan fingerprint density at radius 2 is 2.35 bits per heavy atom. The summed E-state index contributed by atoms with van der Waals surface area (Å²) < 4.78 is 11.4. The summed E-state index contributed by atoms with van der Waals surface area (Å²) in [6.07, 6.45) is 5.29. The van der Waals surface area contributed by atoms with Crippen molar-refractivity contribution in [3.63, 3.8) is 0 Å². The standard InChI is InChI=1S/C13H22N2O2/c1-4-10-8-15-12(16-10)9-14-7-11-5-6-13(2,3)17-11/h8,11,14H,4-7,9H2,1-3H3. The van der Waals surface area contributed by atoms with Crippen molar-refractivity contribution in [2.75, 3.05) is 6.54 Å². The molecule has 1 aliphatic rings. The van der Waals surface area contributed by atoms with E-state index in [0.29, 0.717) is 12.6 Å². The van der Waals surface area contributed by atoms with E-state index in [4.69, 9.17) is 9.15 Å². The van der Waals surface area contributed by atoms with Crippen molar-refractivity contribution in [3.8, 4) is 0 Å². The Bertz CT molecular complexity index is 360. The molecule has 4 nitrogen and oxygen atoms in total. The van der Waals surface area contributed by atoms with E-state index in [2.05, 4.69) is 31.1 Å². The summed E-state index contributed by atoms with van der Waals surface area (Å²) in [4.78, 5) is 4.21. The third kappa shape index (κ3) is 3.54. The molecule has 1 unspecified atom stereocenters. The van der Waals surface area contributed by atoms with Crippen LogP contribution in [0.1, 0.15) is 45.3 Å². The lowest BCUT2D eigenvalue weighted by Crippen LogP contribution is -2.29. The van der Waals surface area contributed by atoms with E-state index in [0.717, 1.165) is 37.5 Å². The maximum absolute atomic E-state index is 5.90. The minimum absolute atomic E-state index is 0.0463. The predicted octanol–water partition coefficient (Wildman–Crippen LogP) is 2.28. The van der Waals surface area contributed by atoms with Crippen LogP contribution < -0.4 is 5.32 Å². The third-order valence-corrected chi connectivity index (χ3v) is 3.15. The van der Waals surface area contributed by atoms with E-state index in [9.17, 15) is 0 Å². The molecule has 1 aromatic heterocycles. The SMILES string of the molecule is CCc1cnc(CNCC2CCC(C)(C)O2)o1. The number of nitrogens with zero attached hydrogens (tertiary/aromatic N) is 1. The van der Waals surface area contributed by atoms with Crippen LogP contribution in [0, 0.1) is 0 Å². The monoisotopic (exact) mass is 238 g/mol. The number of nitrogens with one attached hydrogen (secondary N) is 1. The lowest BCUT2D eigenvalue weighted by Gasteiger charge is -2.19. The van der Waals surface area contributed by atoms with Crippen molar-refractivity contribution >= 4 is 0 Å². The molecule has 2 heterocycles. The Hall–Kier alpha value is -0.870. The highest BCUT2D eigenvalue weighted by molar-refractivity contribution is 4.93. The van der Waals surface area contributed by atoms with Crippen LogP contribution >= 0.6 is 0 Å². The van der Waals surface area contributed by atoms with Gasteiger partial charge in [0.25, 0.3) is 0 Å². The maximum atomic E-state index is 5.90. The van der Waals surface area contributed by atoms with E-state index in [-0.39, 0.29) is 5.60 Å². The fourth-order valence-corrected chi connectivity index (χ4v) is 2.15. The molecule has 1 aliphatic heterocycles. The van der Waals surface area contributed by atoms with Gasteiger partial charge in [-0.15, -0.1) is 0 Å². The zero-order valence-electron chi connectivity index (χ0n) is 11.0. The molecule has 0 radical (unpaired) electrons. The minimum Gasteiger partial charge on any atom is -0.444 e. The fraction of sp³-hybridized carbons (Fsp3) is 0.769. The highest BCUT2D eigenvalue weighted by Crippen LogP contribution is 2.28. The molecule has 2 rings (SSSR count). The second-order valence-electron chi connectivity index (χ2n) is 5.24. The predicted molar refractivity (Wildman–Crippen MR) is 65.8 cm³/mol. The van der Waals surface area contributed by atoms with Gasteiger partial charge in [-0.1, -0.05) is 6.92 Å². The normalized spacial score (nSPS) is 23.1. The lowest BCUT2D eigenvalue weighted by molar-refractivity contribution is -0.0144. The minimum atomic E-state index is 0.0463. The average molecular weight is 238 g/mol. The average Bonchev–Trinajstić information content (AvgIpc) is 2.85. The highest BCUT2D eigenvalue weighted by atomic mass is 16.5. The van der Waals surface area contributed by atoms with Crippen molar-refractivity contribution in [1.82, 2.24) is 10.3 Å². The molecule has 0 bridgehead atoms. The van der Waals surface area contributed by atoms with E-state index < -0.39 is 0 Å². The molecule has 0 saturated carbocycles. The van der Waals surface area contributed by atoms with Gasteiger partial charge in [-0.05, 0) is 26.7 Å². The van der Waals surface area contributed by atoms with Crippen molar-refractivity contribution in [2.24, 2.45) is 0 Å². The molecule has 0 aliphatic carbocycles. The van der Waals surface area contributed by atoms with Crippen LogP contribution in [-0.4, -0.2) is 23.2 Å². The first-order valence-electron chi connectivity index (χ1n) is 6.41. The van der Waals surface area contributed by atoms with Crippen LogP contribution in [0.15, 0.2) is 10.6 Å². The van der Waals surface area contributed by atoms with Gasteiger partial charge in [0.05, 0.1) is 24.4 Å². The van der Waals surface area contributed by atoms with Crippen molar-refractivity contribution in [3.05, 3.63) is 17.8 Å². The summed E-state index contributed by atoms with van der Waals surface area (Å²) in [5.41, 5.74) is 0.0463. The smallest absolute Gasteiger partial charge is 0.208 e. The van der Waals surface area contributed by atoms with E-state index in [1.54, 1.807) is 6.20 Å². The van der Waals surface area contributed by atoms with Crippen LogP contribution in [0.25, 0.3) is 0 Å². The Kier molecular flexibility index (Phi) is 3.84. The molecule has 0 spiro atoms. The van der Waals surface area contributed by atoms with Gasteiger partial charge in [0, 0.05) is 13.0 Å². The van der Waals surface area contributed by atoms with Crippen molar-refractivity contribution < 1.29 is 9.15 Å². The summed E-state index contributed by atoms with van der Waals surface area (Å²) in [5.74, 6) is 1.71. The Morgan fingerprint density at radius 1 is 1.53 bits per heavy atom. The summed E-state index contributed by atoms with van der Waals surface area (Å²) in [6, 6.07) is 0. The number of ether oxygens (including phenoxy) is 1. The number of aromatic nitrogens is 1. The first kappa shape index (κ1) is 12.6. The molecule has 1 atom stereocenters.